The molecule has 2 saturated carbocycles. The largest absolute Gasteiger partial charge is 0.481 e. The van der Waals surface area contributed by atoms with E-state index in [1.54, 1.807) is 12.1 Å². The summed E-state index contributed by atoms with van der Waals surface area (Å²) in [5.74, 6) is 0.459. The minimum atomic E-state index is -0.869. The molecule has 1 amide bonds. The van der Waals surface area contributed by atoms with Gasteiger partial charge in [0.05, 0.1) is 23.4 Å². The van der Waals surface area contributed by atoms with Crippen molar-refractivity contribution in [3.8, 4) is 0 Å². The van der Waals surface area contributed by atoms with Gasteiger partial charge >= 0.3 is 5.97 Å². The number of rotatable bonds is 11. The maximum absolute atomic E-state index is 13.1. The van der Waals surface area contributed by atoms with E-state index in [-0.39, 0.29) is 48.6 Å². The van der Waals surface area contributed by atoms with E-state index in [1.807, 2.05) is 38.9 Å². The Hall–Kier alpha value is -2.35. The number of amides is 1. The second-order valence-electron chi connectivity index (χ2n) is 11.7. The molecule has 1 unspecified atom stereocenters. The number of aliphatic hydroxyl groups excluding tert-OH is 1. The number of hydrogen-bond acceptors (Lipinski definition) is 5. The molecule has 7 nitrogen and oxygen atoms in total. The number of nitrogens with one attached hydrogen (secondary N) is 1. The summed E-state index contributed by atoms with van der Waals surface area (Å²) in [6.07, 6.45) is 6.73. The zero-order valence-corrected chi connectivity index (χ0v) is 23.0. The van der Waals surface area contributed by atoms with Crippen molar-refractivity contribution in [2.24, 2.45) is 23.2 Å². The average molecular weight is 531 g/mol. The summed E-state index contributed by atoms with van der Waals surface area (Å²) in [5.41, 5.74) is 3.92. The molecule has 1 heterocycles. The van der Waals surface area contributed by atoms with Crippen molar-refractivity contribution in [1.82, 2.24) is 5.06 Å². The molecule has 3 N–H and O–H groups in total. The Kier molecular flexibility index (Phi) is 8.36. The number of carboxylic acids is 1. The van der Waals surface area contributed by atoms with Gasteiger partial charge in [0.15, 0.2) is 0 Å². The van der Waals surface area contributed by atoms with Crippen LogP contribution in [0, 0.1) is 30.1 Å². The van der Waals surface area contributed by atoms with Gasteiger partial charge in [0.2, 0.25) is 5.91 Å². The monoisotopic (exact) mass is 530 g/mol. The molecule has 3 aliphatic rings. The summed E-state index contributed by atoms with van der Waals surface area (Å²) in [4.78, 5) is 31.0. The van der Waals surface area contributed by atoms with Crippen molar-refractivity contribution in [2.45, 2.75) is 71.8 Å². The van der Waals surface area contributed by atoms with Crippen LogP contribution in [-0.4, -0.2) is 46.8 Å². The number of allylic oxidation sites excluding steroid dienone is 2. The number of aliphatic carboxylic acids is 1. The lowest BCUT2D eigenvalue weighted by Gasteiger charge is -2.33. The third kappa shape index (κ3) is 6.75. The number of carboxylic acid groups (broad SMARTS) is 1. The highest BCUT2D eigenvalue weighted by atomic mass is 35.5. The SMILES string of the molecule is Cc1ccc(NC(=O)C[C@H](CCC(=O)O)C2C(C3CC3)=C(C3CC(=CC(C)(C)CO)C3)ON2C)c(Cl)c1. The van der Waals surface area contributed by atoms with Crippen molar-refractivity contribution in [1.29, 1.82) is 0 Å². The zero-order chi connectivity index (χ0) is 26.9. The molecule has 2 atom stereocenters. The molecule has 2 aliphatic carbocycles. The molecule has 202 valence electrons. The molecule has 0 radical (unpaired) electrons. The van der Waals surface area contributed by atoms with Crippen LogP contribution in [0.15, 0.2) is 41.2 Å². The Morgan fingerprint density at radius 3 is 2.57 bits per heavy atom. The minimum Gasteiger partial charge on any atom is -0.481 e. The quantitative estimate of drug-likeness (QED) is 0.316. The zero-order valence-electron chi connectivity index (χ0n) is 22.2. The second kappa shape index (κ2) is 11.2. The fraction of sp³-hybridized carbons (Fsp3) is 0.586. The number of hydrogen-bond donors (Lipinski definition) is 3. The standard InChI is InChI=1S/C29H39ClN2O5/c1-17-5-9-23(22(30)11-17)31-24(34)14-20(8-10-25(35)36)27-26(19-6-7-19)28(37-32(27)4)21-12-18(13-21)15-29(2,3)16-33/h5,9,11,15,19-21,27,33H,6-8,10,12-14,16H2,1-4H3,(H,31,34)(H,35,36)/t20-,21?,27?/m0/s1. The van der Waals surface area contributed by atoms with E-state index in [9.17, 15) is 19.8 Å². The molecule has 37 heavy (non-hydrogen) atoms. The molecule has 4 rings (SSSR count). The maximum atomic E-state index is 13.1. The van der Waals surface area contributed by atoms with E-state index in [4.69, 9.17) is 16.4 Å². The molecule has 0 aromatic heterocycles. The number of benzene rings is 1. The molecular weight excluding hydrogens is 492 g/mol. The Labute approximate surface area is 224 Å². The summed E-state index contributed by atoms with van der Waals surface area (Å²) in [5, 5.41) is 24.3. The van der Waals surface area contributed by atoms with Crippen LogP contribution in [0.3, 0.4) is 0 Å². The van der Waals surface area contributed by atoms with Crippen molar-refractivity contribution in [2.75, 3.05) is 19.0 Å². The van der Waals surface area contributed by atoms with Gasteiger partial charge < -0.3 is 20.4 Å². The highest BCUT2D eigenvalue weighted by Gasteiger charge is 2.48. The van der Waals surface area contributed by atoms with E-state index in [2.05, 4.69) is 11.4 Å². The third-order valence-corrected chi connectivity index (χ3v) is 7.98. The smallest absolute Gasteiger partial charge is 0.303 e. The number of likely N-dealkylation sites (N-methyl/N-ethyl adjacent to an activating group) is 1. The fourth-order valence-corrected chi connectivity index (χ4v) is 5.90. The van der Waals surface area contributed by atoms with Gasteiger partial charge in [-0.25, -0.2) is 0 Å². The maximum Gasteiger partial charge on any atom is 0.303 e. The van der Waals surface area contributed by atoms with Crippen molar-refractivity contribution < 1.29 is 24.6 Å². The number of halogens is 1. The number of carbonyl (C=O) groups is 2. The topological polar surface area (TPSA) is 99.1 Å². The summed E-state index contributed by atoms with van der Waals surface area (Å²) in [7, 11) is 1.90. The van der Waals surface area contributed by atoms with Gasteiger partial charge in [-0.2, -0.15) is 0 Å². The number of nitrogens with zero attached hydrogens (tertiary/aromatic N) is 1. The van der Waals surface area contributed by atoms with Gasteiger partial charge in [-0.15, -0.1) is 5.06 Å². The fourth-order valence-electron chi connectivity index (χ4n) is 5.62. The lowest BCUT2D eigenvalue weighted by atomic mass is 9.73. The second-order valence-corrected chi connectivity index (χ2v) is 12.1. The minimum absolute atomic E-state index is 0.00654. The first-order valence-corrected chi connectivity index (χ1v) is 13.6. The van der Waals surface area contributed by atoms with Gasteiger partial charge in [0.1, 0.15) is 5.76 Å². The van der Waals surface area contributed by atoms with Gasteiger partial charge in [0.25, 0.3) is 0 Å². The normalized spacial score (nSPS) is 22.9. The van der Waals surface area contributed by atoms with E-state index in [1.165, 1.54) is 11.1 Å². The molecule has 8 heteroatoms. The van der Waals surface area contributed by atoms with E-state index >= 15 is 0 Å². The molecule has 1 aromatic carbocycles. The lowest BCUT2D eigenvalue weighted by Crippen LogP contribution is -2.37. The van der Waals surface area contributed by atoms with Crippen LogP contribution < -0.4 is 5.32 Å². The Bertz CT molecular complexity index is 1100. The number of aryl methyl sites for hydroxylation is 1. The van der Waals surface area contributed by atoms with Crippen LogP contribution in [0.25, 0.3) is 0 Å². The van der Waals surface area contributed by atoms with Crippen LogP contribution in [-0.2, 0) is 14.4 Å². The molecule has 2 fully saturated rings. The number of hydroxylamine groups is 2. The summed E-state index contributed by atoms with van der Waals surface area (Å²) >= 11 is 6.33. The predicted octanol–water partition coefficient (Wildman–Crippen LogP) is 5.72. The predicted molar refractivity (Wildman–Crippen MR) is 144 cm³/mol. The van der Waals surface area contributed by atoms with Gasteiger partial charge in [-0.3, -0.25) is 9.59 Å². The lowest BCUT2D eigenvalue weighted by molar-refractivity contribution is -0.139. The highest BCUT2D eigenvalue weighted by molar-refractivity contribution is 6.33. The molecular formula is C29H39ClN2O5. The number of aliphatic hydroxyl groups is 1. The van der Waals surface area contributed by atoms with Gasteiger partial charge in [-0.1, -0.05) is 43.2 Å². The van der Waals surface area contributed by atoms with E-state index < -0.39 is 5.97 Å². The molecule has 1 aliphatic heterocycles. The van der Waals surface area contributed by atoms with Crippen LogP contribution >= 0.6 is 11.6 Å². The summed E-state index contributed by atoms with van der Waals surface area (Å²) in [6.45, 7) is 6.10. The summed E-state index contributed by atoms with van der Waals surface area (Å²) < 4.78 is 0. The number of carbonyl (C=O) groups excluding carboxylic acids is 1. The molecule has 0 spiro atoms. The highest BCUT2D eigenvalue weighted by Crippen LogP contribution is 2.52. The third-order valence-electron chi connectivity index (χ3n) is 7.67. The number of anilines is 1. The van der Waals surface area contributed by atoms with Crippen molar-refractivity contribution >= 4 is 29.2 Å². The average Bonchev–Trinajstić information content (AvgIpc) is 3.58. The van der Waals surface area contributed by atoms with Gasteiger partial charge in [-0.05, 0) is 74.1 Å². The van der Waals surface area contributed by atoms with E-state index in [0.29, 0.717) is 23.0 Å². The van der Waals surface area contributed by atoms with Crippen LogP contribution in [0.2, 0.25) is 5.02 Å². The van der Waals surface area contributed by atoms with Crippen LogP contribution in [0.1, 0.15) is 64.4 Å². The van der Waals surface area contributed by atoms with Crippen LogP contribution in [0.5, 0.6) is 0 Å². The first kappa shape index (κ1) is 27.7. The van der Waals surface area contributed by atoms with Crippen molar-refractivity contribution in [3.05, 3.63) is 51.8 Å². The molecule has 0 saturated heterocycles. The van der Waals surface area contributed by atoms with E-state index in [0.717, 1.165) is 37.0 Å². The first-order chi connectivity index (χ1) is 17.5. The van der Waals surface area contributed by atoms with Gasteiger partial charge in [0, 0.05) is 31.2 Å². The molecule has 0 bridgehead atoms. The Morgan fingerprint density at radius 1 is 1.27 bits per heavy atom. The molecule has 1 aromatic rings. The summed E-state index contributed by atoms with van der Waals surface area (Å²) in [6, 6.07) is 5.36. The Morgan fingerprint density at radius 2 is 1.97 bits per heavy atom. The first-order valence-electron chi connectivity index (χ1n) is 13.2. The van der Waals surface area contributed by atoms with Crippen molar-refractivity contribution in [3.63, 3.8) is 0 Å². The van der Waals surface area contributed by atoms with Crippen LogP contribution in [0.4, 0.5) is 5.69 Å². The Balaban J connectivity index is 1.54.